The van der Waals surface area contributed by atoms with Crippen LogP contribution in [-0.2, 0) is 0 Å². The normalized spacial score (nSPS) is 11.1. The number of nitrogens with one attached hydrogen (secondary N) is 3. The number of aryl methyl sites for hydroxylation is 3. The maximum Gasteiger partial charge on any atom is 0.305 e. The molecule has 0 bridgehead atoms. The maximum atomic E-state index is 12.4. The van der Waals surface area contributed by atoms with Crippen molar-refractivity contribution in [1.82, 2.24) is 15.8 Å². The predicted molar refractivity (Wildman–Crippen MR) is 104 cm³/mol. The molecule has 0 unspecified atom stereocenters. The van der Waals surface area contributed by atoms with E-state index in [2.05, 4.69) is 21.9 Å². The van der Waals surface area contributed by atoms with Crippen molar-refractivity contribution in [3.8, 4) is 0 Å². The highest BCUT2D eigenvalue weighted by Gasteiger charge is 2.18. The third-order valence-corrected chi connectivity index (χ3v) is 4.67. The highest BCUT2D eigenvalue weighted by atomic mass is 16.3. The van der Waals surface area contributed by atoms with Crippen LogP contribution in [0.5, 0.6) is 0 Å². The van der Waals surface area contributed by atoms with Gasteiger partial charge >= 0.3 is 5.91 Å². The van der Waals surface area contributed by atoms with Gasteiger partial charge in [-0.25, -0.2) is 0 Å². The molecular weight excluding hydrogens is 342 g/mol. The van der Waals surface area contributed by atoms with E-state index in [-0.39, 0.29) is 5.76 Å². The molecule has 6 nitrogen and oxygen atoms in total. The molecular formula is C21H19N3O3. The summed E-state index contributed by atoms with van der Waals surface area (Å²) in [7, 11) is 0. The highest BCUT2D eigenvalue weighted by Crippen LogP contribution is 2.25. The average molecular weight is 361 g/mol. The number of hydrazine groups is 1. The van der Waals surface area contributed by atoms with Crippen LogP contribution < -0.4 is 10.9 Å². The lowest BCUT2D eigenvalue weighted by atomic mass is 10.1. The van der Waals surface area contributed by atoms with Crippen LogP contribution in [0.25, 0.3) is 21.9 Å². The SMILES string of the molecule is Cc1cc(C)c2cc(C(=O)NNC(=O)c3oc4ccccc4c3C)[nH]c2c1. The van der Waals surface area contributed by atoms with Crippen molar-refractivity contribution >= 4 is 33.7 Å². The molecule has 0 fully saturated rings. The van der Waals surface area contributed by atoms with Crippen LogP contribution in [-0.4, -0.2) is 16.8 Å². The van der Waals surface area contributed by atoms with Crippen LogP contribution in [0.2, 0.25) is 0 Å². The molecule has 0 aliphatic rings. The molecule has 6 heteroatoms. The topological polar surface area (TPSA) is 87.1 Å². The first-order valence-corrected chi connectivity index (χ1v) is 8.63. The first kappa shape index (κ1) is 16.9. The predicted octanol–water partition coefficient (Wildman–Crippen LogP) is 3.91. The van der Waals surface area contributed by atoms with E-state index < -0.39 is 11.8 Å². The van der Waals surface area contributed by atoms with E-state index in [9.17, 15) is 9.59 Å². The average Bonchev–Trinajstić information content (AvgIpc) is 3.21. The zero-order valence-electron chi connectivity index (χ0n) is 15.3. The van der Waals surface area contributed by atoms with Gasteiger partial charge in [0.15, 0.2) is 5.76 Å². The third kappa shape index (κ3) is 2.95. The van der Waals surface area contributed by atoms with Gasteiger partial charge in [0.05, 0.1) is 0 Å². The van der Waals surface area contributed by atoms with E-state index in [1.54, 1.807) is 12.1 Å². The van der Waals surface area contributed by atoms with Gasteiger partial charge in [0, 0.05) is 21.9 Å². The largest absolute Gasteiger partial charge is 0.451 e. The number of amides is 2. The molecule has 4 aromatic rings. The van der Waals surface area contributed by atoms with Crippen molar-refractivity contribution < 1.29 is 14.0 Å². The summed E-state index contributed by atoms with van der Waals surface area (Å²) in [6.07, 6.45) is 0. The molecule has 27 heavy (non-hydrogen) atoms. The lowest BCUT2D eigenvalue weighted by Crippen LogP contribution is -2.41. The number of carbonyl (C=O) groups is 2. The molecule has 4 rings (SSSR count). The van der Waals surface area contributed by atoms with Crippen molar-refractivity contribution in [2.75, 3.05) is 0 Å². The molecule has 0 aliphatic carbocycles. The summed E-state index contributed by atoms with van der Waals surface area (Å²) < 4.78 is 5.60. The van der Waals surface area contributed by atoms with Gasteiger partial charge in [-0.3, -0.25) is 20.4 Å². The Bertz CT molecular complexity index is 1200. The number of hydrogen-bond donors (Lipinski definition) is 3. The second kappa shape index (κ2) is 6.32. The molecule has 0 radical (unpaired) electrons. The number of benzene rings is 2. The summed E-state index contributed by atoms with van der Waals surface area (Å²) >= 11 is 0. The van der Waals surface area contributed by atoms with Crippen LogP contribution in [0.4, 0.5) is 0 Å². The van der Waals surface area contributed by atoms with Crippen LogP contribution in [0.15, 0.2) is 46.9 Å². The number of aromatic amines is 1. The van der Waals surface area contributed by atoms with E-state index >= 15 is 0 Å². The number of carbonyl (C=O) groups excluding carboxylic acids is 2. The Morgan fingerprint density at radius 2 is 1.67 bits per heavy atom. The van der Waals surface area contributed by atoms with Gasteiger partial charge in [-0.2, -0.15) is 0 Å². The van der Waals surface area contributed by atoms with Gasteiger partial charge < -0.3 is 9.40 Å². The molecule has 136 valence electrons. The van der Waals surface area contributed by atoms with Gasteiger partial charge in [-0.1, -0.05) is 24.3 Å². The number of H-pyrrole nitrogens is 1. The Hall–Kier alpha value is -3.54. The standard InChI is InChI=1S/C21H19N3O3/c1-11-8-12(2)15-10-17(22-16(15)9-11)20(25)23-24-21(26)19-13(3)14-6-4-5-7-18(14)27-19/h4-10,22H,1-3H3,(H,23,25)(H,24,26). The molecule has 3 N–H and O–H groups in total. The van der Waals surface area contributed by atoms with Gasteiger partial charge in [0.25, 0.3) is 5.91 Å². The number of para-hydroxylation sites is 1. The number of fused-ring (bicyclic) bond motifs is 2. The van der Waals surface area contributed by atoms with Gasteiger partial charge in [0.2, 0.25) is 0 Å². The fraction of sp³-hybridized carbons (Fsp3) is 0.143. The first-order chi connectivity index (χ1) is 12.9. The van der Waals surface area contributed by atoms with E-state index in [0.29, 0.717) is 11.3 Å². The zero-order chi connectivity index (χ0) is 19.1. The van der Waals surface area contributed by atoms with Crippen molar-refractivity contribution in [3.05, 3.63) is 70.6 Å². The smallest absolute Gasteiger partial charge is 0.305 e. The van der Waals surface area contributed by atoms with E-state index in [0.717, 1.165) is 33.0 Å². The fourth-order valence-electron chi connectivity index (χ4n) is 3.35. The Labute approximate surface area is 155 Å². The summed E-state index contributed by atoms with van der Waals surface area (Å²) in [5.41, 5.74) is 9.67. The van der Waals surface area contributed by atoms with Gasteiger partial charge in [0.1, 0.15) is 11.3 Å². The van der Waals surface area contributed by atoms with Crippen molar-refractivity contribution in [2.24, 2.45) is 0 Å². The Morgan fingerprint density at radius 1 is 0.926 bits per heavy atom. The Balaban J connectivity index is 1.52. The number of hydrogen-bond acceptors (Lipinski definition) is 3. The first-order valence-electron chi connectivity index (χ1n) is 8.63. The van der Waals surface area contributed by atoms with Gasteiger partial charge in [-0.15, -0.1) is 0 Å². The van der Waals surface area contributed by atoms with Crippen molar-refractivity contribution in [2.45, 2.75) is 20.8 Å². The molecule has 2 aromatic carbocycles. The summed E-state index contributed by atoms with van der Waals surface area (Å²) in [6, 6.07) is 13.2. The second-order valence-corrected chi connectivity index (χ2v) is 6.69. The lowest BCUT2D eigenvalue weighted by Gasteiger charge is -2.05. The molecule has 0 aliphatic heterocycles. The highest BCUT2D eigenvalue weighted by molar-refractivity contribution is 6.02. The molecule has 2 amide bonds. The summed E-state index contributed by atoms with van der Waals surface area (Å²) in [5.74, 6) is -0.745. The van der Waals surface area contributed by atoms with Crippen LogP contribution in [0.3, 0.4) is 0 Å². The minimum absolute atomic E-state index is 0.180. The maximum absolute atomic E-state index is 12.4. The minimum Gasteiger partial charge on any atom is -0.451 e. The molecule has 0 saturated heterocycles. The lowest BCUT2D eigenvalue weighted by molar-refractivity contribution is 0.0829. The molecule has 0 atom stereocenters. The second-order valence-electron chi connectivity index (χ2n) is 6.69. The Morgan fingerprint density at radius 3 is 2.44 bits per heavy atom. The number of furan rings is 1. The zero-order valence-corrected chi connectivity index (χ0v) is 15.3. The van der Waals surface area contributed by atoms with Crippen molar-refractivity contribution in [3.63, 3.8) is 0 Å². The van der Waals surface area contributed by atoms with E-state index in [1.807, 2.05) is 45.0 Å². The number of rotatable bonds is 2. The van der Waals surface area contributed by atoms with E-state index in [1.165, 1.54) is 0 Å². The number of aromatic nitrogens is 1. The van der Waals surface area contributed by atoms with Crippen molar-refractivity contribution in [1.29, 1.82) is 0 Å². The van der Waals surface area contributed by atoms with E-state index in [4.69, 9.17) is 4.42 Å². The van der Waals surface area contributed by atoms with Crippen LogP contribution in [0.1, 0.15) is 37.7 Å². The van der Waals surface area contributed by atoms with Gasteiger partial charge in [-0.05, 0) is 50.1 Å². The fourth-order valence-corrected chi connectivity index (χ4v) is 3.35. The molecule has 0 saturated carbocycles. The third-order valence-electron chi connectivity index (χ3n) is 4.67. The summed E-state index contributed by atoms with van der Waals surface area (Å²) in [4.78, 5) is 27.9. The minimum atomic E-state index is -0.500. The molecule has 2 heterocycles. The molecule has 0 spiro atoms. The monoisotopic (exact) mass is 361 g/mol. The van der Waals surface area contributed by atoms with Crippen LogP contribution in [0, 0.1) is 20.8 Å². The molecule has 2 aromatic heterocycles. The summed E-state index contributed by atoms with van der Waals surface area (Å²) in [5, 5.41) is 1.85. The Kier molecular flexibility index (Phi) is 3.96. The van der Waals surface area contributed by atoms with Crippen LogP contribution >= 0.6 is 0 Å². The summed E-state index contributed by atoms with van der Waals surface area (Å²) in [6.45, 7) is 5.81. The quantitative estimate of drug-likeness (QED) is 0.473.